The van der Waals surface area contributed by atoms with Crippen molar-refractivity contribution in [3.8, 4) is 0 Å². The highest BCUT2D eigenvalue weighted by molar-refractivity contribution is 5.35. The molecule has 0 saturated heterocycles. The summed E-state index contributed by atoms with van der Waals surface area (Å²) in [4.78, 5) is 0. The molecule has 0 aliphatic rings. The van der Waals surface area contributed by atoms with Crippen molar-refractivity contribution in [3.05, 3.63) is 34.9 Å². The maximum Gasteiger partial charge on any atom is 0.00748 e. The van der Waals surface area contributed by atoms with Crippen LogP contribution in [0.15, 0.2) is 18.2 Å². The number of benzene rings is 1. The highest BCUT2D eigenvalue weighted by Gasteiger charge is 2.21. The maximum absolute atomic E-state index is 5.48. The minimum atomic E-state index is 0.160. The number of hydrogen-bond acceptors (Lipinski definition) is 2. The normalized spacial score (nSPS) is 11.8. The largest absolute Gasteiger partial charge is 0.329 e. The predicted molar refractivity (Wildman–Crippen MR) is 70.9 cm³/mol. The van der Waals surface area contributed by atoms with E-state index >= 15 is 0 Å². The van der Waals surface area contributed by atoms with E-state index in [9.17, 15) is 0 Å². The van der Waals surface area contributed by atoms with Crippen molar-refractivity contribution >= 4 is 0 Å². The van der Waals surface area contributed by atoms with Crippen molar-refractivity contribution in [2.24, 2.45) is 5.73 Å². The van der Waals surface area contributed by atoms with Gasteiger partial charge in [0.25, 0.3) is 0 Å². The second-order valence-corrected chi connectivity index (χ2v) is 5.17. The molecule has 0 saturated carbocycles. The van der Waals surface area contributed by atoms with Gasteiger partial charge in [0.2, 0.25) is 0 Å². The smallest absolute Gasteiger partial charge is 0.00748 e. The van der Waals surface area contributed by atoms with E-state index in [0.29, 0.717) is 6.54 Å². The Balaban J connectivity index is 2.80. The van der Waals surface area contributed by atoms with E-state index in [0.717, 1.165) is 13.1 Å². The standard InChI is InChI=1S/C14H24N2/c1-11-5-6-13(12(2)9-11)14(3,4)10-16-8-7-15/h5-6,9,16H,7-8,10,15H2,1-4H3. The highest BCUT2D eigenvalue weighted by Crippen LogP contribution is 2.26. The van der Waals surface area contributed by atoms with Gasteiger partial charge in [-0.1, -0.05) is 37.6 Å². The van der Waals surface area contributed by atoms with Gasteiger partial charge in [0.05, 0.1) is 0 Å². The number of nitrogens with one attached hydrogen (secondary N) is 1. The number of aryl methyl sites for hydroxylation is 2. The van der Waals surface area contributed by atoms with Gasteiger partial charge in [-0.3, -0.25) is 0 Å². The molecule has 0 spiro atoms. The summed E-state index contributed by atoms with van der Waals surface area (Å²) in [5.74, 6) is 0. The third-order valence-corrected chi connectivity index (χ3v) is 3.00. The molecule has 0 aromatic heterocycles. The second kappa shape index (κ2) is 5.46. The molecule has 0 aliphatic heterocycles. The van der Waals surface area contributed by atoms with Crippen LogP contribution in [0.25, 0.3) is 0 Å². The van der Waals surface area contributed by atoms with Crippen molar-refractivity contribution in [2.45, 2.75) is 33.1 Å². The fourth-order valence-electron chi connectivity index (χ4n) is 2.17. The average Bonchev–Trinajstić information content (AvgIpc) is 2.17. The van der Waals surface area contributed by atoms with Gasteiger partial charge in [-0.2, -0.15) is 0 Å². The lowest BCUT2D eigenvalue weighted by Crippen LogP contribution is -2.36. The zero-order valence-electron chi connectivity index (χ0n) is 10.9. The predicted octanol–water partition coefficient (Wildman–Crippen LogP) is 2.13. The van der Waals surface area contributed by atoms with Crippen LogP contribution in [0.5, 0.6) is 0 Å². The first kappa shape index (κ1) is 13.2. The molecule has 2 heteroatoms. The zero-order chi connectivity index (χ0) is 12.2. The van der Waals surface area contributed by atoms with Gasteiger partial charge in [-0.25, -0.2) is 0 Å². The molecule has 1 aromatic rings. The van der Waals surface area contributed by atoms with Crippen LogP contribution in [0, 0.1) is 13.8 Å². The number of hydrogen-bond donors (Lipinski definition) is 2. The van der Waals surface area contributed by atoms with Crippen molar-refractivity contribution in [2.75, 3.05) is 19.6 Å². The number of nitrogens with two attached hydrogens (primary N) is 1. The van der Waals surface area contributed by atoms with Gasteiger partial charge in [-0.05, 0) is 25.0 Å². The Morgan fingerprint density at radius 1 is 1.25 bits per heavy atom. The molecule has 1 aromatic carbocycles. The Bertz CT molecular complexity index is 343. The number of rotatable bonds is 5. The average molecular weight is 220 g/mol. The Labute approximate surface area is 99.2 Å². The molecule has 3 N–H and O–H groups in total. The lowest BCUT2D eigenvalue weighted by Gasteiger charge is -2.27. The summed E-state index contributed by atoms with van der Waals surface area (Å²) in [7, 11) is 0. The van der Waals surface area contributed by atoms with Crippen LogP contribution in [-0.2, 0) is 5.41 Å². The SMILES string of the molecule is Cc1ccc(C(C)(C)CNCCN)c(C)c1. The van der Waals surface area contributed by atoms with E-state index < -0.39 is 0 Å². The molecule has 0 fully saturated rings. The quantitative estimate of drug-likeness (QED) is 0.746. The summed E-state index contributed by atoms with van der Waals surface area (Å²) in [6, 6.07) is 6.68. The Kier molecular flexibility index (Phi) is 4.51. The summed E-state index contributed by atoms with van der Waals surface area (Å²) < 4.78 is 0. The lowest BCUT2D eigenvalue weighted by molar-refractivity contribution is 0.471. The zero-order valence-corrected chi connectivity index (χ0v) is 10.9. The third kappa shape index (κ3) is 3.32. The highest BCUT2D eigenvalue weighted by atomic mass is 14.9. The van der Waals surface area contributed by atoms with Crippen molar-refractivity contribution in [3.63, 3.8) is 0 Å². The topological polar surface area (TPSA) is 38.0 Å². The van der Waals surface area contributed by atoms with Crippen LogP contribution in [0.4, 0.5) is 0 Å². The molecule has 90 valence electrons. The Morgan fingerprint density at radius 3 is 2.50 bits per heavy atom. The molecule has 0 heterocycles. The van der Waals surface area contributed by atoms with Crippen molar-refractivity contribution in [1.29, 1.82) is 0 Å². The molecule has 0 atom stereocenters. The summed E-state index contributed by atoms with van der Waals surface area (Å²) in [6.07, 6.45) is 0. The van der Waals surface area contributed by atoms with Gasteiger partial charge in [0.15, 0.2) is 0 Å². The van der Waals surface area contributed by atoms with Crippen LogP contribution in [-0.4, -0.2) is 19.6 Å². The lowest BCUT2D eigenvalue weighted by atomic mass is 9.81. The molecule has 0 unspecified atom stereocenters. The Hall–Kier alpha value is -0.860. The van der Waals surface area contributed by atoms with Gasteiger partial charge in [0, 0.05) is 25.0 Å². The molecule has 2 nitrogen and oxygen atoms in total. The first-order valence-corrected chi connectivity index (χ1v) is 5.96. The molecule has 16 heavy (non-hydrogen) atoms. The fourth-order valence-corrected chi connectivity index (χ4v) is 2.17. The van der Waals surface area contributed by atoms with Crippen molar-refractivity contribution in [1.82, 2.24) is 5.32 Å². The third-order valence-electron chi connectivity index (χ3n) is 3.00. The molecular weight excluding hydrogens is 196 g/mol. The Morgan fingerprint density at radius 2 is 1.94 bits per heavy atom. The summed E-state index contributed by atoms with van der Waals surface area (Å²) in [6.45, 7) is 11.4. The van der Waals surface area contributed by atoms with E-state index in [1.807, 2.05) is 0 Å². The van der Waals surface area contributed by atoms with Crippen LogP contribution in [0.1, 0.15) is 30.5 Å². The second-order valence-electron chi connectivity index (χ2n) is 5.17. The van der Waals surface area contributed by atoms with Crippen LogP contribution in [0.2, 0.25) is 0 Å². The van der Waals surface area contributed by atoms with E-state index in [1.54, 1.807) is 0 Å². The molecule has 0 amide bonds. The van der Waals surface area contributed by atoms with Crippen LogP contribution >= 0.6 is 0 Å². The monoisotopic (exact) mass is 220 g/mol. The minimum absolute atomic E-state index is 0.160. The van der Waals surface area contributed by atoms with Gasteiger partial charge in [-0.15, -0.1) is 0 Å². The van der Waals surface area contributed by atoms with E-state index in [-0.39, 0.29) is 5.41 Å². The maximum atomic E-state index is 5.48. The first-order valence-electron chi connectivity index (χ1n) is 5.96. The fraction of sp³-hybridized carbons (Fsp3) is 0.571. The van der Waals surface area contributed by atoms with Gasteiger partial charge >= 0.3 is 0 Å². The summed E-state index contributed by atoms with van der Waals surface area (Å²) >= 11 is 0. The summed E-state index contributed by atoms with van der Waals surface area (Å²) in [5.41, 5.74) is 9.76. The molecule has 1 rings (SSSR count). The van der Waals surface area contributed by atoms with E-state index in [4.69, 9.17) is 5.73 Å². The first-order chi connectivity index (χ1) is 7.47. The van der Waals surface area contributed by atoms with Crippen molar-refractivity contribution < 1.29 is 0 Å². The molecule has 0 radical (unpaired) electrons. The van der Waals surface area contributed by atoms with E-state index in [1.165, 1.54) is 16.7 Å². The molecule has 0 aliphatic carbocycles. The van der Waals surface area contributed by atoms with Gasteiger partial charge < -0.3 is 11.1 Å². The van der Waals surface area contributed by atoms with Crippen LogP contribution < -0.4 is 11.1 Å². The van der Waals surface area contributed by atoms with E-state index in [2.05, 4.69) is 51.2 Å². The molecular formula is C14H24N2. The molecule has 0 bridgehead atoms. The van der Waals surface area contributed by atoms with Crippen LogP contribution in [0.3, 0.4) is 0 Å². The minimum Gasteiger partial charge on any atom is -0.329 e. The van der Waals surface area contributed by atoms with Gasteiger partial charge in [0.1, 0.15) is 0 Å². The summed E-state index contributed by atoms with van der Waals surface area (Å²) in [5, 5.41) is 3.39.